The van der Waals surface area contributed by atoms with Crippen LogP contribution in [0.3, 0.4) is 0 Å². The van der Waals surface area contributed by atoms with E-state index < -0.39 is 22.7 Å². The van der Waals surface area contributed by atoms with Gasteiger partial charge in [0.1, 0.15) is 0 Å². The number of hydrogen-bond acceptors (Lipinski definition) is 4. The third-order valence-corrected chi connectivity index (χ3v) is 8.62. The largest absolute Gasteiger partial charge is 0.346 e. The summed E-state index contributed by atoms with van der Waals surface area (Å²) in [5, 5.41) is 0. The third-order valence-electron chi connectivity index (χ3n) is 5.07. The summed E-state index contributed by atoms with van der Waals surface area (Å²) in [6.45, 7) is 0. The molecule has 3 rings (SSSR count). The molecule has 1 atom stereocenters. The average Bonchev–Trinajstić information content (AvgIpc) is 2.77. The van der Waals surface area contributed by atoms with Crippen LogP contribution in [0.1, 0.15) is 28.8 Å². The molecule has 0 spiro atoms. The first-order chi connectivity index (χ1) is 15.6. The van der Waals surface area contributed by atoms with Crippen molar-refractivity contribution < 1.29 is 32.1 Å². The van der Waals surface area contributed by atoms with Gasteiger partial charge < -0.3 is 9.79 Å². The number of benzene rings is 3. The summed E-state index contributed by atoms with van der Waals surface area (Å²) in [5.74, 6) is -0.202. The zero-order valence-electron chi connectivity index (χ0n) is 17.6. The lowest BCUT2D eigenvalue weighted by molar-refractivity contribution is 0.0999. The lowest BCUT2D eigenvalue weighted by Crippen LogP contribution is -2.25. The number of nitrogens with zero attached hydrogens (tertiary/aromatic N) is 1. The lowest BCUT2D eigenvalue weighted by atomic mass is 10.1. The molecule has 0 saturated heterocycles. The summed E-state index contributed by atoms with van der Waals surface area (Å²) in [6.07, 6.45) is 0.0953. The first-order valence-corrected chi connectivity index (χ1v) is 13.3. The third kappa shape index (κ3) is 6.60. The van der Waals surface area contributed by atoms with Crippen molar-refractivity contribution in [2.24, 2.45) is 0 Å². The van der Waals surface area contributed by atoms with Crippen molar-refractivity contribution in [1.82, 2.24) is 0 Å². The van der Waals surface area contributed by atoms with Crippen LogP contribution in [0.5, 0.6) is 0 Å². The molecule has 3 aromatic rings. The summed E-state index contributed by atoms with van der Waals surface area (Å²) in [6, 6.07) is 25.1. The predicted octanol–water partition coefficient (Wildman–Crippen LogP) is 4.38. The van der Waals surface area contributed by atoms with Crippen molar-refractivity contribution in [3.8, 4) is 0 Å². The molecule has 10 heteroatoms. The number of carbonyl (C=O) groups excluding carboxylic acids is 1. The van der Waals surface area contributed by atoms with Gasteiger partial charge in [0, 0.05) is 16.9 Å². The summed E-state index contributed by atoms with van der Waals surface area (Å²) >= 11 is 0. The highest BCUT2D eigenvalue weighted by Crippen LogP contribution is 2.46. The minimum absolute atomic E-state index is 0.139. The zero-order chi connectivity index (χ0) is 24.1. The SMILES string of the molecule is O=C(c1ccccc1)N(c1ccccc1)c1ccc(CCCC(P(=O)(O)O)S(=O)(=O)O)cc1. The summed E-state index contributed by atoms with van der Waals surface area (Å²) in [4.78, 5) is 31.1. The van der Waals surface area contributed by atoms with Crippen molar-refractivity contribution in [3.63, 3.8) is 0 Å². The van der Waals surface area contributed by atoms with E-state index in [1.165, 1.54) is 0 Å². The second kappa shape index (κ2) is 10.4. The van der Waals surface area contributed by atoms with E-state index >= 15 is 0 Å². The van der Waals surface area contributed by atoms with E-state index in [2.05, 4.69) is 0 Å². The van der Waals surface area contributed by atoms with Crippen LogP contribution in [-0.4, -0.2) is 33.7 Å². The van der Waals surface area contributed by atoms with Gasteiger partial charge in [0.25, 0.3) is 16.0 Å². The highest BCUT2D eigenvalue weighted by Gasteiger charge is 2.38. The van der Waals surface area contributed by atoms with Crippen molar-refractivity contribution in [2.45, 2.75) is 24.3 Å². The maximum Gasteiger partial charge on any atom is 0.346 e. The van der Waals surface area contributed by atoms with E-state index in [0.717, 1.165) is 5.56 Å². The molecule has 0 aliphatic heterocycles. The second-order valence-corrected chi connectivity index (χ2v) is 11.2. The Hall–Kier alpha value is -2.81. The van der Waals surface area contributed by atoms with Gasteiger partial charge in [-0.25, -0.2) is 0 Å². The Morgan fingerprint density at radius 2 is 1.36 bits per heavy atom. The van der Waals surface area contributed by atoms with Gasteiger partial charge in [-0.15, -0.1) is 0 Å². The van der Waals surface area contributed by atoms with Crippen LogP contribution < -0.4 is 4.90 Å². The topological polar surface area (TPSA) is 132 Å². The van der Waals surface area contributed by atoms with Crippen molar-refractivity contribution in [1.29, 1.82) is 0 Å². The highest BCUT2D eigenvalue weighted by molar-refractivity contribution is 7.93. The number of anilines is 2. The van der Waals surface area contributed by atoms with Gasteiger partial charge in [0.05, 0.1) is 0 Å². The van der Waals surface area contributed by atoms with Crippen LogP contribution in [0.15, 0.2) is 84.9 Å². The summed E-state index contributed by atoms with van der Waals surface area (Å²) in [7, 11) is -9.86. The van der Waals surface area contributed by atoms with Crippen molar-refractivity contribution in [2.75, 3.05) is 4.90 Å². The predicted molar refractivity (Wildman–Crippen MR) is 126 cm³/mol. The number of amides is 1. The molecule has 0 aliphatic carbocycles. The Morgan fingerprint density at radius 3 is 1.88 bits per heavy atom. The normalized spacial score (nSPS) is 12.8. The van der Waals surface area contributed by atoms with Gasteiger partial charge in [-0.3, -0.25) is 18.8 Å². The standard InChI is InChI=1S/C23H24NO7PS/c25-23(19-9-3-1-4-10-19)24(20-11-5-2-6-12-20)21-16-14-18(15-17-21)8-7-13-22(32(26,27)28)33(29,30)31/h1-6,9-12,14-17,22H,7-8,13H2,(H2,26,27,28)(H,29,30,31). The maximum atomic E-state index is 13.2. The molecule has 0 aromatic heterocycles. The molecule has 0 saturated carbocycles. The van der Waals surface area contributed by atoms with Gasteiger partial charge in [0.15, 0.2) is 4.99 Å². The molecule has 1 amide bonds. The summed E-state index contributed by atoms with van der Waals surface area (Å²) < 4.78 is 43.0. The molecule has 174 valence electrons. The molecule has 0 bridgehead atoms. The Morgan fingerprint density at radius 1 is 0.848 bits per heavy atom. The van der Waals surface area contributed by atoms with E-state index in [4.69, 9.17) is 4.55 Å². The second-order valence-electron chi connectivity index (χ2n) is 7.46. The fraction of sp³-hybridized carbons (Fsp3) is 0.174. The van der Waals surface area contributed by atoms with Crippen LogP contribution in [-0.2, 0) is 21.1 Å². The number of para-hydroxylation sites is 1. The van der Waals surface area contributed by atoms with Crippen LogP contribution in [0.2, 0.25) is 0 Å². The fourth-order valence-electron chi connectivity index (χ4n) is 3.45. The zero-order valence-corrected chi connectivity index (χ0v) is 19.3. The highest BCUT2D eigenvalue weighted by atomic mass is 32.2. The van der Waals surface area contributed by atoms with Crippen LogP contribution in [0.4, 0.5) is 11.4 Å². The first-order valence-electron chi connectivity index (χ1n) is 10.1. The molecule has 0 aliphatic rings. The van der Waals surface area contributed by atoms with Crippen LogP contribution in [0, 0.1) is 0 Å². The monoisotopic (exact) mass is 489 g/mol. The van der Waals surface area contributed by atoms with Gasteiger partial charge in [-0.1, -0.05) is 48.5 Å². The van der Waals surface area contributed by atoms with Gasteiger partial charge in [-0.05, 0) is 61.2 Å². The fourth-order valence-corrected chi connectivity index (χ4v) is 5.83. The molecule has 1 unspecified atom stereocenters. The quantitative estimate of drug-likeness (QED) is 0.300. The van der Waals surface area contributed by atoms with Gasteiger partial charge >= 0.3 is 7.60 Å². The van der Waals surface area contributed by atoms with Crippen LogP contribution in [0.25, 0.3) is 0 Å². The Kier molecular flexibility index (Phi) is 7.84. The van der Waals surface area contributed by atoms with E-state index in [0.29, 0.717) is 23.4 Å². The Bertz CT molecular complexity index is 1230. The molecule has 0 heterocycles. The summed E-state index contributed by atoms with van der Waals surface area (Å²) in [5.41, 5.74) is 2.64. The smallest absolute Gasteiger partial charge is 0.323 e. The molecular weight excluding hydrogens is 465 g/mol. The average molecular weight is 489 g/mol. The molecule has 0 fully saturated rings. The molecule has 3 N–H and O–H groups in total. The Labute approximate surface area is 192 Å². The minimum atomic E-state index is -5.00. The van der Waals surface area contributed by atoms with Gasteiger partial charge in [0.2, 0.25) is 0 Å². The van der Waals surface area contributed by atoms with E-state index in [1.807, 2.05) is 36.4 Å². The number of rotatable bonds is 9. The van der Waals surface area contributed by atoms with Crippen LogP contribution >= 0.6 is 7.60 Å². The van der Waals surface area contributed by atoms with E-state index in [-0.39, 0.29) is 18.7 Å². The number of carbonyl (C=O) groups is 1. The Balaban J connectivity index is 1.78. The molecule has 3 aromatic carbocycles. The number of hydrogen-bond donors (Lipinski definition) is 3. The molecule has 33 heavy (non-hydrogen) atoms. The van der Waals surface area contributed by atoms with Gasteiger partial charge in [-0.2, -0.15) is 8.42 Å². The van der Waals surface area contributed by atoms with E-state index in [9.17, 15) is 27.6 Å². The van der Waals surface area contributed by atoms with Crippen molar-refractivity contribution >= 4 is 35.0 Å². The minimum Gasteiger partial charge on any atom is -0.323 e. The molecular formula is C23H24NO7PS. The number of aryl methyl sites for hydroxylation is 1. The molecule has 0 radical (unpaired) electrons. The maximum absolute atomic E-state index is 13.2. The van der Waals surface area contributed by atoms with Crippen molar-refractivity contribution in [3.05, 3.63) is 96.1 Å². The lowest BCUT2D eigenvalue weighted by Gasteiger charge is -2.23. The molecule has 8 nitrogen and oxygen atoms in total. The first kappa shape index (κ1) is 24.8. The van der Waals surface area contributed by atoms with E-state index in [1.54, 1.807) is 53.4 Å².